The Morgan fingerprint density at radius 2 is 2.06 bits per heavy atom. The first-order chi connectivity index (χ1) is 7.54. The van der Waals surface area contributed by atoms with Crippen molar-refractivity contribution < 1.29 is 17.9 Å². The SMILES string of the molecule is CNC(C)c1ccc(F)cc1OCC(F)F. The van der Waals surface area contributed by atoms with E-state index in [1.165, 1.54) is 12.1 Å². The van der Waals surface area contributed by atoms with E-state index in [1.54, 1.807) is 7.05 Å². The first-order valence-electron chi connectivity index (χ1n) is 4.92. The second-order valence-electron chi connectivity index (χ2n) is 3.39. The second-order valence-corrected chi connectivity index (χ2v) is 3.39. The molecule has 0 spiro atoms. The third-order valence-corrected chi connectivity index (χ3v) is 2.24. The largest absolute Gasteiger partial charge is 0.487 e. The molecule has 90 valence electrons. The number of nitrogens with one attached hydrogen (secondary N) is 1. The van der Waals surface area contributed by atoms with Crippen molar-refractivity contribution in [2.45, 2.75) is 19.4 Å². The Kier molecular flexibility index (Phi) is 4.61. The van der Waals surface area contributed by atoms with Crippen molar-refractivity contribution in [3.05, 3.63) is 29.6 Å². The third kappa shape index (κ3) is 3.41. The van der Waals surface area contributed by atoms with Crippen LogP contribution >= 0.6 is 0 Å². The summed E-state index contributed by atoms with van der Waals surface area (Å²) in [4.78, 5) is 0. The lowest BCUT2D eigenvalue weighted by Gasteiger charge is -2.16. The van der Waals surface area contributed by atoms with Gasteiger partial charge >= 0.3 is 0 Å². The van der Waals surface area contributed by atoms with Gasteiger partial charge in [-0.3, -0.25) is 0 Å². The molecule has 1 N–H and O–H groups in total. The van der Waals surface area contributed by atoms with Gasteiger partial charge in [0.25, 0.3) is 6.43 Å². The molecule has 0 saturated heterocycles. The van der Waals surface area contributed by atoms with E-state index in [0.717, 1.165) is 6.07 Å². The zero-order chi connectivity index (χ0) is 12.1. The summed E-state index contributed by atoms with van der Waals surface area (Å²) in [6, 6.07) is 3.83. The first kappa shape index (κ1) is 12.8. The predicted molar refractivity (Wildman–Crippen MR) is 55.4 cm³/mol. The molecule has 0 aliphatic carbocycles. The molecule has 0 aromatic heterocycles. The van der Waals surface area contributed by atoms with Crippen molar-refractivity contribution in [1.82, 2.24) is 5.32 Å². The number of rotatable bonds is 5. The maximum Gasteiger partial charge on any atom is 0.272 e. The summed E-state index contributed by atoms with van der Waals surface area (Å²) < 4.78 is 41.8. The predicted octanol–water partition coefficient (Wildman–Crippen LogP) is 2.75. The Morgan fingerprint density at radius 3 is 2.62 bits per heavy atom. The average molecular weight is 233 g/mol. The van der Waals surface area contributed by atoms with E-state index in [9.17, 15) is 13.2 Å². The monoisotopic (exact) mass is 233 g/mol. The van der Waals surface area contributed by atoms with E-state index < -0.39 is 18.8 Å². The molecule has 0 bridgehead atoms. The van der Waals surface area contributed by atoms with Crippen molar-refractivity contribution in [2.75, 3.05) is 13.7 Å². The molecule has 1 aromatic carbocycles. The second kappa shape index (κ2) is 5.75. The van der Waals surface area contributed by atoms with Gasteiger partial charge in [-0.05, 0) is 20.0 Å². The maximum atomic E-state index is 13.0. The van der Waals surface area contributed by atoms with Crippen LogP contribution in [0.1, 0.15) is 18.5 Å². The van der Waals surface area contributed by atoms with E-state index in [2.05, 4.69) is 5.32 Å². The molecule has 0 aliphatic rings. The zero-order valence-electron chi connectivity index (χ0n) is 9.14. The van der Waals surface area contributed by atoms with Crippen molar-refractivity contribution in [2.24, 2.45) is 0 Å². The van der Waals surface area contributed by atoms with Crippen LogP contribution < -0.4 is 10.1 Å². The van der Waals surface area contributed by atoms with Crippen LogP contribution in [0.5, 0.6) is 5.75 Å². The van der Waals surface area contributed by atoms with Gasteiger partial charge in [-0.2, -0.15) is 0 Å². The molecular weight excluding hydrogens is 219 g/mol. The van der Waals surface area contributed by atoms with Crippen LogP contribution in [-0.4, -0.2) is 20.1 Å². The van der Waals surface area contributed by atoms with Crippen LogP contribution in [-0.2, 0) is 0 Å². The molecule has 0 fully saturated rings. The molecule has 16 heavy (non-hydrogen) atoms. The van der Waals surface area contributed by atoms with Gasteiger partial charge in [-0.15, -0.1) is 0 Å². The Labute approximate surface area is 92.4 Å². The standard InChI is InChI=1S/C11H14F3NO/c1-7(15-2)9-4-3-8(12)5-10(9)16-6-11(13)14/h3-5,7,11,15H,6H2,1-2H3. The highest BCUT2D eigenvalue weighted by Crippen LogP contribution is 2.26. The van der Waals surface area contributed by atoms with E-state index in [-0.39, 0.29) is 11.8 Å². The third-order valence-electron chi connectivity index (χ3n) is 2.24. The van der Waals surface area contributed by atoms with Crippen LogP contribution in [0.25, 0.3) is 0 Å². The fourth-order valence-corrected chi connectivity index (χ4v) is 1.30. The molecule has 5 heteroatoms. The van der Waals surface area contributed by atoms with Crippen molar-refractivity contribution in [3.63, 3.8) is 0 Å². The van der Waals surface area contributed by atoms with Crippen LogP contribution in [0.3, 0.4) is 0 Å². The molecular formula is C11H14F3NO. The number of alkyl halides is 2. The normalized spacial score (nSPS) is 12.9. The fraction of sp³-hybridized carbons (Fsp3) is 0.455. The minimum Gasteiger partial charge on any atom is -0.487 e. The maximum absolute atomic E-state index is 13.0. The van der Waals surface area contributed by atoms with Gasteiger partial charge in [0.15, 0.2) is 0 Å². The smallest absolute Gasteiger partial charge is 0.272 e. The molecule has 1 atom stereocenters. The summed E-state index contributed by atoms with van der Waals surface area (Å²) in [5, 5.41) is 2.94. The molecule has 1 rings (SSSR count). The van der Waals surface area contributed by atoms with Crippen molar-refractivity contribution in [3.8, 4) is 5.75 Å². The number of halogens is 3. The summed E-state index contributed by atoms with van der Waals surface area (Å²) in [6.45, 7) is 1.11. The highest BCUT2D eigenvalue weighted by molar-refractivity contribution is 5.36. The molecule has 0 heterocycles. The van der Waals surface area contributed by atoms with E-state index in [1.807, 2.05) is 6.92 Å². The quantitative estimate of drug-likeness (QED) is 0.844. The van der Waals surface area contributed by atoms with Crippen molar-refractivity contribution >= 4 is 0 Å². The summed E-state index contributed by atoms with van der Waals surface area (Å²) in [5.74, 6) is -0.349. The summed E-state index contributed by atoms with van der Waals surface area (Å²) in [5.41, 5.74) is 0.657. The number of ether oxygens (including phenoxy) is 1. The number of benzene rings is 1. The topological polar surface area (TPSA) is 21.3 Å². The van der Waals surface area contributed by atoms with Crippen LogP contribution in [0.15, 0.2) is 18.2 Å². The Hall–Kier alpha value is -1.23. The number of hydrogen-bond donors (Lipinski definition) is 1. The lowest BCUT2D eigenvalue weighted by atomic mass is 10.1. The van der Waals surface area contributed by atoms with Gasteiger partial charge < -0.3 is 10.1 Å². The number of hydrogen-bond acceptors (Lipinski definition) is 2. The van der Waals surface area contributed by atoms with Gasteiger partial charge in [-0.1, -0.05) is 6.07 Å². The van der Waals surface area contributed by atoms with Gasteiger partial charge in [0.1, 0.15) is 18.2 Å². The van der Waals surface area contributed by atoms with Gasteiger partial charge in [-0.25, -0.2) is 13.2 Å². The van der Waals surface area contributed by atoms with Gasteiger partial charge in [0.2, 0.25) is 0 Å². The van der Waals surface area contributed by atoms with Crippen molar-refractivity contribution in [1.29, 1.82) is 0 Å². The zero-order valence-corrected chi connectivity index (χ0v) is 9.14. The Morgan fingerprint density at radius 1 is 1.38 bits per heavy atom. The summed E-state index contributed by atoms with van der Waals surface area (Å²) >= 11 is 0. The molecule has 1 unspecified atom stereocenters. The van der Waals surface area contributed by atoms with Gasteiger partial charge in [0.05, 0.1) is 0 Å². The van der Waals surface area contributed by atoms with Crippen LogP contribution in [0, 0.1) is 5.82 Å². The lowest BCUT2D eigenvalue weighted by molar-refractivity contribution is 0.0810. The highest BCUT2D eigenvalue weighted by atomic mass is 19.3. The molecule has 1 aromatic rings. The first-order valence-corrected chi connectivity index (χ1v) is 4.92. The fourth-order valence-electron chi connectivity index (χ4n) is 1.30. The molecule has 0 radical (unpaired) electrons. The van der Waals surface area contributed by atoms with Crippen LogP contribution in [0.4, 0.5) is 13.2 Å². The summed E-state index contributed by atoms with van der Waals surface area (Å²) in [6.07, 6.45) is -2.57. The minimum absolute atomic E-state index is 0.0896. The highest BCUT2D eigenvalue weighted by Gasteiger charge is 2.13. The average Bonchev–Trinajstić information content (AvgIpc) is 2.25. The molecule has 0 amide bonds. The Balaban J connectivity index is 2.89. The molecule has 0 saturated carbocycles. The minimum atomic E-state index is -2.57. The lowest BCUT2D eigenvalue weighted by Crippen LogP contribution is -2.15. The van der Waals surface area contributed by atoms with E-state index in [4.69, 9.17) is 4.74 Å². The molecule has 0 aliphatic heterocycles. The Bertz CT molecular complexity index is 344. The van der Waals surface area contributed by atoms with E-state index >= 15 is 0 Å². The van der Waals surface area contributed by atoms with Crippen LogP contribution in [0.2, 0.25) is 0 Å². The molecule has 2 nitrogen and oxygen atoms in total. The summed E-state index contributed by atoms with van der Waals surface area (Å²) in [7, 11) is 1.73. The van der Waals surface area contributed by atoms with E-state index in [0.29, 0.717) is 5.56 Å². The van der Waals surface area contributed by atoms with Gasteiger partial charge in [0, 0.05) is 17.7 Å².